The van der Waals surface area contributed by atoms with Gasteiger partial charge in [-0.05, 0) is 48.0 Å². The van der Waals surface area contributed by atoms with Crippen LogP contribution in [0.2, 0.25) is 10.2 Å². The molecule has 0 aliphatic carbocycles. The van der Waals surface area contributed by atoms with Crippen LogP contribution in [0.3, 0.4) is 0 Å². The summed E-state index contributed by atoms with van der Waals surface area (Å²) in [4.78, 5) is 36.3. The van der Waals surface area contributed by atoms with E-state index in [1.54, 1.807) is 30.6 Å². The van der Waals surface area contributed by atoms with E-state index in [0.29, 0.717) is 27.7 Å². The third-order valence-electron chi connectivity index (χ3n) is 6.60. The van der Waals surface area contributed by atoms with Crippen molar-refractivity contribution in [1.29, 1.82) is 0 Å². The Balaban J connectivity index is 1.39. The third-order valence-corrected chi connectivity index (χ3v) is 7.00. The quantitative estimate of drug-likeness (QED) is 0.256. The summed E-state index contributed by atoms with van der Waals surface area (Å²) in [6.07, 6.45) is 4.89. The van der Waals surface area contributed by atoms with Gasteiger partial charge in [-0.15, -0.1) is 5.10 Å². The van der Waals surface area contributed by atoms with Crippen LogP contribution in [0.25, 0.3) is 27.8 Å². The third kappa shape index (κ3) is 5.58. The van der Waals surface area contributed by atoms with E-state index in [1.807, 2.05) is 60.7 Å². The second kappa shape index (κ2) is 11.3. The Hall–Kier alpha value is -4.86. The SMILES string of the molecule is O=C(Nc1cccc2ncccc12)[C@H](Cc1ccccc1)n1cnc(-c2cc(Cl)ccc2-n2cc(Cl)nn2)cc1=O. The van der Waals surface area contributed by atoms with Gasteiger partial charge in [0.2, 0.25) is 5.91 Å². The summed E-state index contributed by atoms with van der Waals surface area (Å²) in [7, 11) is 0. The van der Waals surface area contributed by atoms with Gasteiger partial charge in [-0.3, -0.25) is 19.1 Å². The number of benzene rings is 3. The summed E-state index contributed by atoms with van der Waals surface area (Å²) >= 11 is 12.3. The topological polar surface area (TPSA) is 108 Å². The van der Waals surface area contributed by atoms with Gasteiger partial charge in [0.1, 0.15) is 6.04 Å². The fourth-order valence-corrected chi connectivity index (χ4v) is 4.95. The highest BCUT2D eigenvalue weighted by atomic mass is 35.5. The first-order valence-corrected chi connectivity index (χ1v) is 13.4. The maximum absolute atomic E-state index is 13.8. The number of carbonyl (C=O) groups is 1. The summed E-state index contributed by atoms with van der Waals surface area (Å²) in [6.45, 7) is 0. The molecule has 0 spiro atoms. The van der Waals surface area contributed by atoms with E-state index in [4.69, 9.17) is 23.2 Å². The van der Waals surface area contributed by atoms with Crippen LogP contribution < -0.4 is 10.9 Å². The summed E-state index contributed by atoms with van der Waals surface area (Å²) in [6, 6.07) is 24.3. The average Bonchev–Trinajstić information content (AvgIpc) is 3.42. The highest BCUT2D eigenvalue weighted by Crippen LogP contribution is 2.29. The number of hydrogen-bond donors (Lipinski definition) is 1. The second-order valence-corrected chi connectivity index (χ2v) is 10.1. The predicted molar refractivity (Wildman–Crippen MR) is 158 cm³/mol. The minimum absolute atomic E-state index is 0.214. The smallest absolute Gasteiger partial charge is 0.254 e. The van der Waals surface area contributed by atoms with Crippen LogP contribution >= 0.6 is 23.2 Å². The number of halogens is 2. The molecule has 0 unspecified atom stereocenters. The van der Waals surface area contributed by atoms with Gasteiger partial charge in [-0.1, -0.05) is 64.8 Å². The van der Waals surface area contributed by atoms with Crippen molar-refractivity contribution >= 4 is 45.7 Å². The first kappa shape index (κ1) is 26.4. The Morgan fingerprint density at radius 2 is 1.78 bits per heavy atom. The highest BCUT2D eigenvalue weighted by Gasteiger charge is 2.24. The van der Waals surface area contributed by atoms with Gasteiger partial charge in [-0.25, -0.2) is 9.67 Å². The Bertz CT molecular complexity index is 1930. The number of nitrogens with zero attached hydrogens (tertiary/aromatic N) is 6. The molecule has 0 aliphatic rings. The summed E-state index contributed by atoms with van der Waals surface area (Å²) < 4.78 is 2.82. The summed E-state index contributed by atoms with van der Waals surface area (Å²) in [5, 5.41) is 12.3. The van der Waals surface area contributed by atoms with Gasteiger partial charge in [0.25, 0.3) is 5.56 Å². The molecule has 3 aromatic heterocycles. The van der Waals surface area contributed by atoms with Crippen molar-refractivity contribution in [3.63, 3.8) is 0 Å². The van der Waals surface area contributed by atoms with E-state index in [-0.39, 0.29) is 17.5 Å². The van der Waals surface area contributed by atoms with Gasteiger partial charge in [0.05, 0.1) is 35.1 Å². The van der Waals surface area contributed by atoms with Crippen LogP contribution in [-0.4, -0.2) is 35.4 Å². The van der Waals surface area contributed by atoms with E-state index >= 15 is 0 Å². The lowest BCUT2D eigenvalue weighted by atomic mass is 10.0. The molecule has 1 N–H and O–H groups in total. The zero-order valence-corrected chi connectivity index (χ0v) is 22.9. The normalized spacial score (nSPS) is 11.9. The van der Waals surface area contributed by atoms with Gasteiger partial charge in [0, 0.05) is 34.7 Å². The first-order chi connectivity index (χ1) is 20.0. The van der Waals surface area contributed by atoms with E-state index in [0.717, 1.165) is 16.5 Å². The van der Waals surface area contributed by atoms with Crippen LogP contribution in [0.15, 0.2) is 108 Å². The Morgan fingerprint density at radius 3 is 2.56 bits per heavy atom. The van der Waals surface area contributed by atoms with Crippen molar-refractivity contribution in [3.8, 4) is 16.9 Å². The fourth-order valence-electron chi connectivity index (χ4n) is 4.65. The molecule has 0 saturated heterocycles. The molecular weight excluding hydrogens is 561 g/mol. The minimum Gasteiger partial charge on any atom is -0.324 e. The largest absolute Gasteiger partial charge is 0.324 e. The maximum atomic E-state index is 13.8. The van der Waals surface area contributed by atoms with Crippen molar-refractivity contribution in [2.24, 2.45) is 0 Å². The van der Waals surface area contributed by atoms with Gasteiger partial charge >= 0.3 is 0 Å². The standard InChI is InChI=1S/C30H21Cl2N7O2/c31-20-11-12-26(39-17-28(32)36-37-39)22(15-20)25-16-29(40)38(18-34-25)27(14-19-6-2-1-3-7-19)30(41)35-24-10-4-9-23-21(24)8-5-13-33-23/h1-13,15-18,27H,14H2,(H,35,41)/t27-/m0/s1. The molecular formula is C30H21Cl2N7O2. The number of anilines is 1. The van der Waals surface area contributed by atoms with Crippen LogP contribution in [-0.2, 0) is 11.2 Å². The molecule has 0 aliphatic heterocycles. The Kier molecular flexibility index (Phi) is 7.28. The molecule has 6 rings (SSSR count). The van der Waals surface area contributed by atoms with Crippen LogP contribution in [0.1, 0.15) is 11.6 Å². The highest BCUT2D eigenvalue weighted by molar-refractivity contribution is 6.31. The number of pyridine rings is 1. The number of hydrogen-bond acceptors (Lipinski definition) is 6. The first-order valence-electron chi connectivity index (χ1n) is 12.6. The van der Waals surface area contributed by atoms with Crippen LogP contribution in [0.5, 0.6) is 0 Å². The monoisotopic (exact) mass is 581 g/mol. The molecule has 202 valence electrons. The van der Waals surface area contributed by atoms with Crippen molar-refractivity contribution in [2.45, 2.75) is 12.5 Å². The number of rotatable bonds is 7. The van der Waals surface area contributed by atoms with E-state index in [2.05, 4.69) is 25.6 Å². The molecule has 9 nitrogen and oxygen atoms in total. The van der Waals surface area contributed by atoms with Crippen LogP contribution in [0.4, 0.5) is 5.69 Å². The zero-order valence-electron chi connectivity index (χ0n) is 21.4. The van der Waals surface area contributed by atoms with Gasteiger partial charge in [-0.2, -0.15) is 0 Å². The lowest BCUT2D eigenvalue weighted by molar-refractivity contribution is -0.119. The molecule has 0 bridgehead atoms. The summed E-state index contributed by atoms with van der Waals surface area (Å²) in [5.41, 5.74) is 3.33. The average molecular weight is 582 g/mol. The van der Waals surface area contributed by atoms with Crippen molar-refractivity contribution in [2.75, 3.05) is 5.32 Å². The molecule has 1 atom stereocenters. The molecule has 1 amide bonds. The van der Waals surface area contributed by atoms with Crippen molar-refractivity contribution in [1.82, 2.24) is 29.5 Å². The van der Waals surface area contributed by atoms with Crippen molar-refractivity contribution < 1.29 is 4.79 Å². The summed E-state index contributed by atoms with van der Waals surface area (Å²) in [5.74, 6) is -0.359. The molecule has 0 fully saturated rings. The lowest BCUT2D eigenvalue weighted by Crippen LogP contribution is -2.34. The molecule has 0 saturated carbocycles. The zero-order chi connectivity index (χ0) is 28.3. The Morgan fingerprint density at radius 1 is 0.927 bits per heavy atom. The minimum atomic E-state index is -0.883. The van der Waals surface area contributed by atoms with Crippen molar-refractivity contribution in [3.05, 3.63) is 130 Å². The van der Waals surface area contributed by atoms with Gasteiger partial charge in [0.15, 0.2) is 5.15 Å². The predicted octanol–water partition coefficient (Wildman–Crippen LogP) is 5.77. The number of amides is 1. The molecule has 41 heavy (non-hydrogen) atoms. The maximum Gasteiger partial charge on any atom is 0.254 e. The van der Waals surface area contributed by atoms with E-state index in [9.17, 15) is 9.59 Å². The molecule has 3 aromatic carbocycles. The van der Waals surface area contributed by atoms with Gasteiger partial charge < -0.3 is 5.32 Å². The van der Waals surface area contributed by atoms with Crippen LogP contribution in [0, 0.1) is 0 Å². The molecule has 0 radical (unpaired) electrons. The number of fused-ring (bicyclic) bond motifs is 1. The number of nitrogens with one attached hydrogen (secondary N) is 1. The number of carbonyl (C=O) groups excluding carboxylic acids is 1. The second-order valence-electron chi connectivity index (χ2n) is 9.24. The molecule has 3 heterocycles. The molecule has 6 aromatic rings. The lowest BCUT2D eigenvalue weighted by Gasteiger charge is -2.20. The number of aromatic nitrogens is 6. The molecule has 11 heteroatoms. The Labute approximate surface area is 244 Å². The fraction of sp³-hybridized carbons (Fsp3) is 0.0667. The van der Waals surface area contributed by atoms with E-state index < -0.39 is 11.6 Å². The van der Waals surface area contributed by atoms with E-state index in [1.165, 1.54) is 21.6 Å².